The highest BCUT2D eigenvalue weighted by atomic mass is 79.9. The number of hydrogen-bond acceptors (Lipinski definition) is 1. The second-order valence-corrected chi connectivity index (χ2v) is 7.08. The fourth-order valence-electron chi connectivity index (χ4n) is 2.38. The van der Waals surface area contributed by atoms with Crippen LogP contribution in [0.1, 0.15) is 25.7 Å². The molecule has 2 saturated carbocycles. The minimum absolute atomic E-state index is 0.0955. The predicted molar refractivity (Wildman–Crippen MR) is 52.3 cm³/mol. The molecule has 2 rings (SSSR count). The van der Waals surface area contributed by atoms with Crippen molar-refractivity contribution in [3.63, 3.8) is 0 Å². The molecule has 0 aliphatic heterocycles. The maximum absolute atomic E-state index is 5.57. The van der Waals surface area contributed by atoms with Gasteiger partial charge in [0, 0.05) is 13.0 Å². The van der Waals surface area contributed by atoms with E-state index in [0.717, 1.165) is 0 Å². The molecule has 2 aliphatic carbocycles. The van der Waals surface area contributed by atoms with Crippen molar-refractivity contribution >= 4 is 31.9 Å². The van der Waals surface area contributed by atoms with Gasteiger partial charge in [0.2, 0.25) is 0 Å². The van der Waals surface area contributed by atoms with Crippen LogP contribution in [0.25, 0.3) is 0 Å². The van der Waals surface area contributed by atoms with E-state index in [9.17, 15) is 0 Å². The zero-order chi connectivity index (χ0) is 8.11. The molecule has 2 fully saturated rings. The standard InChI is InChI=1S/C8H12Br2O/c1-11-7-5-3-2-4-6(7)8(7,9)10/h6H,2-5H2,1H3. The second kappa shape index (κ2) is 2.46. The van der Waals surface area contributed by atoms with Gasteiger partial charge in [0.15, 0.2) is 0 Å². The Morgan fingerprint density at radius 1 is 1.36 bits per heavy atom. The molecule has 2 aliphatic rings. The number of alkyl halides is 2. The van der Waals surface area contributed by atoms with Gasteiger partial charge < -0.3 is 4.74 Å². The highest BCUT2D eigenvalue weighted by Crippen LogP contribution is 2.72. The van der Waals surface area contributed by atoms with Crippen molar-refractivity contribution in [2.24, 2.45) is 5.92 Å². The normalized spacial score (nSPS) is 46.6. The van der Waals surface area contributed by atoms with Gasteiger partial charge in [-0.25, -0.2) is 0 Å². The van der Waals surface area contributed by atoms with E-state index in [-0.39, 0.29) is 8.83 Å². The third kappa shape index (κ3) is 0.909. The molecule has 0 aromatic carbocycles. The summed E-state index contributed by atoms with van der Waals surface area (Å²) in [5.41, 5.74) is 0.116. The number of rotatable bonds is 1. The van der Waals surface area contributed by atoms with E-state index in [1.807, 2.05) is 7.11 Å². The Bertz CT molecular complexity index is 181. The number of ether oxygens (including phenoxy) is 1. The molecule has 0 aromatic heterocycles. The molecule has 0 N–H and O–H groups in total. The Morgan fingerprint density at radius 3 is 2.55 bits per heavy atom. The molecule has 3 heteroatoms. The summed E-state index contributed by atoms with van der Waals surface area (Å²) >= 11 is 7.38. The molecule has 0 radical (unpaired) electrons. The van der Waals surface area contributed by atoms with Crippen LogP contribution in [0.4, 0.5) is 0 Å². The van der Waals surface area contributed by atoms with Gasteiger partial charge in [0.05, 0.1) is 5.60 Å². The van der Waals surface area contributed by atoms with Crippen LogP contribution in [0, 0.1) is 5.92 Å². The van der Waals surface area contributed by atoms with Gasteiger partial charge >= 0.3 is 0 Å². The SMILES string of the molecule is COC12CCCCC1C2(Br)Br. The van der Waals surface area contributed by atoms with Gasteiger partial charge in [0.1, 0.15) is 3.23 Å². The van der Waals surface area contributed by atoms with E-state index in [1.165, 1.54) is 25.7 Å². The fourth-order valence-corrected chi connectivity index (χ4v) is 4.62. The fraction of sp³-hybridized carbons (Fsp3) is 1.00. The van der Waals surface area contributed by atoms with E-state index < -0.39 is 0 Å². The summed E-state index contributed by atoms with van der Waals surface area (Å²) in [5.74, 6) is 0.689. The Labute approximate surface area is 84.1 Å². The Hall–Kier alpha value is 0.920. The summed E-state index contributed by atoms with van der Waals surface area (Å²) in [5, 5.41) is 0. The van der Waals surface area contributed by atoms with Crippen molar-refractivity contribution in [3.8, 4) is 0 Å². The highest BCUT2D eigenvalue weighted by molar-refractivity contribution is 9.25. The molecule has 0 saturated heterocycles. The third-order valence-corrected chi connectivity index (χ3v) is 5.58. The highest BCUT2D eigenvalue weighted by Gasteiger charge is 2.75. The van der Waals surface area contributed by atoms with Crippen LogP contribution < -0.4 is 0 Å². The van der Waals surface area contributed by atoms with Crippen LogP contribution in [-0.2, 0) is 4.74 Å². The number of methoxy groups -OCH3 is 1. The Morgan fingerprint density at radius 2 is 2.09 bits per heavy atom. The van der Waals surface area contributed by atoms with E-state index in [1.54, 1.807) is 0 Å². The van der Waals surface area contributed by atoms with Crippen LogP contribution in [-0.4, -0.2) is 15.9 Å². The average Bonchev–Trinajstić information content (AvgIpc) is 2.52. The van der Waals surface area contributed by atoms with Crippen molar-refractivity contribution in [2.45, 2.75) is 34.5 Å². The van der Waals surface area contributed by atoms with Crippen LogP contribution in [0.3, 0.4) is 0 Å². The smallest absolute Gasteiger partial charge is 0.115 e. The monoisotopic (exact) mass is 282 g/mol. The van der Waals surface area contributed by atoms with Crippen molar-refractivity contribution in [1.82, 2.24) is 0 Å². The van der Waals surface area contributed by atoms with Gasteiger partial charge in [-0.3, -0.25) is 0 Å². The van der Waals surface area contributed by atoms with Crippen molar-refractivity contribution < 1.29 is 4.74 Å². The second-order valence-electron chi connectivity index (χ2n) is 3.51. The molecule has 1 nitrogen and oxygen atoms in total. The van der Waals surface area contributed by atoms with Gasteiger partial charge in [0.25, 0.3) is 0 Å². The molecule has 0 heterocycles. The summed E-state index contributed by atoms with van der Waals surface area (Å²) < 4.78 is 5.67. The minimum Gasteiger partial charge on any atom is -0.375 e. The molecule has 2 atom stereocenters. The lowest BCUT2D eigenvalue weighted by Gasteiger charge is -2.19. The molecule has 0 aromatic rings. The molecule has 0 bridgehead atoms. The van der Waals surface area contributed by atoms with Gasteiger partial charge in [-0.15, -0.1) is 0 Å². The molecule has 0 spiro atoms. The van der Waals surface area contributed by atoms with Crippen LogP contribution >= 0.6 is 31.9 Å². The van der Waals surface area contributed by atoms with E-state index in [0.29, 0.717) is 5.92 Å². The number of halogens is 2. The first-order chi connectivity index (χ1) is 5.15. The predicted octanol–water partition coefficient (Wildman–Crippen LogP) is 3.06. The molecule has 11 heavy (non-hydrogen) atoms. The lowest BCUT2D eigenvalue weighted by Crippen LogP contribution is -2.21. The van der Waals surface area contributed by atoms with Gasteiger partial charge in [-0.2, -0.15) is 0 Å². The summed E-state index contributed by atoms with van der Waals surface area (Å²) in [6, 6.07) is 0. The van der Waals surface area contributed by atoms with Gasteiger partial charge in [-0.1, -0.05) is 44.7 Å². The first kappa shape index (κ1) is 8.52. The number of fused-ring (bicyclic) bond motifs is 1. The first-order valence-electron chi connectivity index (χ1n) is 4.08. The average molecular weight is 284 g/mol. The van der Waals surface area contributed by atoms with E-state index in [4.69, 9.17) is 4.74 Å². The zero-order valence-electron chi connectivity index (χ0n) is 6.57. The van der Waals surface area contributed by atoms with E-state index >= 15 is 0 Å². The Balaban J connectivity index is 2.20. The van der Waals surface area contributed by atoms with Crippen LogP contribution in [0.15, 0.2) is 0 Å². The Kier molecular flexibility index (Phi) is 1.90. The summed E-state index contributed by atoms with van der Waals surface area (Å²) in [7, 11) is 1.82. The lowest BCUT2D eigenvalue weighted by molar-refractivity contribution is 0.0442. The molecule has 0 amide bonds. The molecule has 2 unspecified atom stereocenters. The maximum Gasteiger partial charge on any atom is 0.115 e. The first-order valence-corrected chi connectivity index (χ1v) is 5.67. The molecular formula is C8H12Br2O. The van der Waals surface area contributed by atoms with Crippen molar-refractivity contribution in [3.05, 3.63) is 0 Å². The summed E-state index contributed by atoms with van der Waals surface area (Å²) in [6.07, 6.45) is 5.16. The molecular weight excluding hydrogens is 272 g/mol. The minimum atomic E-state index is 0.0955. The quantitative estimate of drug-likeness (QED) is 0.672. The van der Waals surface area contributed by atoms with Crippen molar-refractivity contribution in [1.29, 1.82) is 0 Å². The topological polar surface area (TPSA) is 9.23 Å². The van der Waals surface area contributed by atoms with Gasteiger partial charge in [-0.05, 0) is 12.8 Å². The lowest BCUT2D eigenvalue weighted by atomic mass is 9.98. The van der Waals surface area contributed by atoms with E-state index in [2.05, 4.69) is 31.9 Å². The third-order valence-electron chi connectivity index (χ3n) is 3.14. The summed E-state index contributed by atoms with van der Waals surface area (Å²) in [4.78, 5) is 0. The molecule has 64 valence electrons. The summed E-state index contributed by atoms with van der Waals surface area (Å²) in [6.45, 7) is 0. The van der Waals surface area contributed by atoms with Crippen molar-refractivity contribution in [2.75, 3.05) is 7.11 Å². The van der Waals surface area contributed by atoms with Crippen LogP contribution in [0.5, 0.6) is 0 Å². The van der Waals surface area contributed by atoms with Crippen LogP contribution in [0.2, 0.25) is 0 Å². The zero-order valence-corrected chi connectivity index (χ0v) is 9.74. The largest absolute Gasteiger partial charge is 0.375 e. The maximum atomic E-state index is 5.57. The number of hydrogen-bond donors (Lipinski definition) is 0.